The Morgan fingerprint density at radius 3 is 2.81 bits per heavy atom. The summed E-state index contributed by atoms with van der Waals surface area (Å²) in [4.78, 5) is 22.6. The first-order valence-electron chi connectivity index (χ1n) is 6.15. The number of benzene rings is 1. The lowest BCUT2D eigenvalue weighted by Crippen LogP contribution is -2.42. The van der Waals surface area contributed by atoms with Crippen molar-refractivity contribution >= 4 is 27.8 Å². The van der Waals surface area contributed by atoms with E-state index in [1.165, 1.54) is 12.1 Å². The molecule has 0 spiro atoms. The molecule has 1 rings (SSSR count). The number of aliphatic carboxylic acids is 1. The predicted octanol–water partition coefficient (Wildman–Crippen LogP) is 2.50. The van der Waals surface area contributed by atoms with Gasteiger partial charge in [-0.05, 0) is 31.5 Å². The number of carboxylic acids is 1. The van der Waals surface area contributed by atoms with Crippen LogP contribution in [-0.2, 0) is 9.59 Å². The molecule has 0 heterocycles. The Kier molecular flexibility index (Phi) is 6.87. The molecule has 2 N–H and O–H groups in total. The van der Waals surface area contributed by atoms with E-state index in [1.54, 1.807) is 25.1 Å². The Morgan fingerprint density at radius 2 is 2.24 bits per heavy atom. The Labute approximate surface area is 129 Å². The van der Waals surface area contributed by atoms with E-state index >= 15 is 0 Å². The number of nitrogens with one attached hydrogen (secondary N) is 1. The van der Waals surface area contributed by atoms with Crippen LogP contribution in [0.5, 0.6) is 5.75 Å². The molecule has 0 aromatic heterocycles. The first kappa shape index (κ1) is 17.2. The number of hydrogen-bond donors (Lipinski definition) is 2. The molecule has 5 nitrogen and oxygen atoms in total. The molecule has 1 aromatic rings. The van der Waals surface area contributed by atoms with Crippen molar-refractivity contribution in [2.45, 2.75) is 19.4 Å². The standard InChI is InChI=1S/C14H15BrFNO4/c1-2-3-4-11(14(19)20)17-13(18)8-21-12-6-5-9(15)7-10(12)16/h2-3,5-7,11H,4,8H2,1H3,(H,17,18)(H,19,20)/b3-2+. The minimum Gasteiger partial charge on any atom is -0.481 e. The largest absolute Gasteiger partial charge is 0.481 e. The molecule has 114 valence electrons. The predicted molar refractivity (Wildman–Crippen MR) is 78.6 cm³/mol. The Morgan fingerprint density at radius 1 is 1.52 bits per heavy atom. The average molecular weight is 360 g/mol. The summed E-state index contributed by atoms with van der Waals surface area (Å²) in [6.07, 6.45) is 3.49. The molecule has 0 bridgehead atoms. The van der Waals surface area contributed by atoms with Gasteiger partial charge >= 0.3 is 5.97 Å². The van der Waals surface area contributed by atoms with Crippen LogP contribution in [0.2, 0.25) is 0 Å². The minimum absolute atomic E-state index is 0.0753. The van der Waals surface area contributed by atoms with E-state index in [9.17, 15) is 14.0 Å². The van der Waals surface area contributed by atoms with Gasteiger partial charge in [-0.15, -0.1) is 0 Å². The van der Waals surface area contributed by atoms with Crippen molar-refractivity contribution in [2.24, 2.45) is 0 Å². The third-order valence-electron chi connectivity index (χ3n) is 2.49. The fourth-order valence-electron chi connectivity index (χ4n) is 1.47. The lowest BCUT2D eigenvalue weighted by atomic mass is 10.2. The van der Waals surface area contributed by atoms with Crippen molar-refractivity contribution in [3.63, 3.8) is 0 Å². The van der Waals surface area contributed by atoms with E-state index in [0.29, 0.717) is 4.47 Å². The molecule has 0 saturated heterocycles. The molecule has 1 aromatic carbocycles. The zero-order valence-electron chi connectivity index (χ0n) is 11.3. The normalized spacial score (nSPS) is 12.1. The highest BCUT2D eigenvalue weighted by Crippen LogP contribution is 2.21. The molecular weight excluding hydrogens is 345 g/mol. The molecule has 0 saturated carbocycles. The van der Waals surface area contributed by atoms with Gasteiger partial charge in [-0.25, -0.2) is 9.18 Å². The molecule has 21 heavy (non-hydrogen) atoms. The molecule has 7 heteroatoms. The highest BCUT2D eigenvalue weighted by molar-refractivity contribution is 9.10. The molecule has 0 radical (unpaired) electrons. The molecular formula is C14H15BrFNO4. The molecule has 1 unspecified atom stereocenters. The van der Waals surface area contributed by atoms with E-state index in [2.05, 4.69) is 21.2 Å². The Balaban J connectivity index is 2.54. The molecule has 1 amide bonds. The van der Waals surface area contributed by atoms with Crippen molar-refractivity contribution in [2.75, 3.05) is 6.61 Å². The van der Waals surface area contributed by atoms with E-state index in [4.69, 9.17) is 9.84 Å². The number of amides is 1. The fourth-order valence-corrected chi connectivity index (χ4v) is 1.80. The number of allylic oxidation sites excluding steroid dienone is 1. The summed E-state index contributed by atoms with van der Waals surface area (Å²) in [5.41, 5.74) is 0. The van der Waals surface area contributed by atoms with Crippen LogP contribution in [0.1, 0.15) is 13.3 Å². The van der Waals surface area contributed by atoms with E-state index in [0.717, 1.165) is 0 Å². The van der Waals surface area contributed by atoms with Gasteiger partial charge in [0.25, 0.3) is 5.91 Å². The van der Waals surface area contributed by atoms with Gasteiger partial charge in [0.1, 0.15) is 6.04 Å². The summed E-state index contributed by atoms with van der Waals surface area (Å²) in [5, 5.41) is 11.3. The molecule has 0 aliphatic heterocycles. The van der Waals surface area contributed by atoms with Gasteiger partial charge in [0, 0.05) is 4.47 Å². The number of carbonyl (C=O) groups is 2. The summed E-state index contributed by atoms with van der Waals surface area (Å²) in [5.74, 6) is -2.46. The van der Waals surface area contributed by atoms with Crippen LogP contribution in [-0.4, -0.2) is 29.6 Å². The number of hydrogen-bond acceptors (Lipinski definition) is 3. The molecule has 0 aliphatic carbocycles. The second kappa shape index (κ2) is 8.41. The zero-order chi connectivity index (χ0) is 15.8. The summed E-state index contributed by atoms with van der Waals surface area (Å²) in [6.45, 7) is 1.29. The van der Waals surface area contributed by atoms with Crippen LogP contribution in [0, 0.1) is 5.82 Å². The minimum atomic E-state index is -1.14. The first-order chi connectivity index (χ1) is 9.93. The van der Waals surface area contributed by atoms with Crippen molar-refractivity contribution in [1.82, 2.24) is 5.32 Å². The lowest BCUT2D eigenvalue weighted by molar-refractivity contribution is -0.142. The molecule has 1 atom stereocenters. The maximum Gasteiger partial charge on any atom is 0.326 e. The molecule has 0 aliphatic rings. The number of ether oxygens (including phenoxy) is 1. The summed E-state index contributed by atoms with van der Waals surface area (Å²) >= 11 is 3.10. The van der Waals surface area contributed by atoms with E-state index in [1.807, 2.05) is 0 Å². The van der Waals surface area contributed by atoms with Gasteiger partial charge in [-0.3, -0.25) is 4.79 Å². The number of carbonyl (C=O) groups excluding carboxylic acids is 1. The maximum absolute atomic E-state index is 13.5. The maximum atomic E-state index is 13.5. The van der Waals surface area contributed by atoms with Gasteiger partial charge in [0.15, 0.2) is 18.2 Å². The third-order valence-corrected chi connectivity index (χ3v) is 2.99. The van der Waals surface area contributed by atoms with Gasteiger partial charge in [0.2, 0.25) is 0 Å². The van der Waals surface area contributed by atoms with Crippen LogP contribution < -0.4 is 10.1 Å². The van der Waals surface area contributed by atoms with Crippen LogP contribution in [0.3, 0.4) is 0 Å². The zero-order valence-corrected chi connectivity index (χ0v) is 12.9. The number of carboxylic acid groups (broad SMARTS) is 1. The van der Waals surface area contributed by atoms with Crippen molar-refractivity contribution in [1.29, 1.82) is 0 Å². The number of rotatable bonds is 7. The summed E-state index contributed by atoms with van der Waals surface area (Å²) in [7, 11) is 0. The quantitative estimate of drug-likeness (QED) is 0.733. The molecule has 0 fully saturated rings. The highest BCUT2D eigenvalue weighted by atomic mass is 79.9. The third kappa shape index (κ3) is 5.95. The Bertz CT molecular complexity index is 548. The van der Waals surface area contributed by atoms with Gasteiger partial charge < -0.3 is 15.2 Å². The van der Waals surface area contributed by atoms with Crippen LogP contribution in [0.15, 0.2) is 34.8 Å². The SMILES string of the molecule is C/C=C/CC(NC(=O)COc1ccc(Br)cc1F)C(=O)O. The first-order valence-corrected chi connectivity index (χ1v) is 6.94. The van der Waals surface area contributed by atoms with Gasteiger partial charge in [0.05, 0.1) is 0 Å². The van der Waals surface area contributed by atoms with E-state index in [-0.39, 0.29) is 12.2 Å². The van der Waals surface area contributed by atoms with Crippen molar-refractivity contribution in [3.8, 4) is 5.75 Å². The fraction of sp³-hybridized carbons (Fsp3) is 0.286. The monoisotopic (exact) mass is 359 g/mol. The highest BCUT2D eigenvalue weighted by Gasteiger charge is 2.18. The number of halogens is 2. The van der Waals surface area contributed by atoms with Crippen LogP contribution >= 0.6 is 15.9 Å². The summed E-state index contributed by atoms with van der Waals surface area (Å²) < 4.78 is 19.0. The average Bonchev–Trinajstić information content (AvgIpc) is 2.42. The van der Waals surface area contributed by atoms with Crippen molar-refractivity contribution in [3.05, 3.63) is 40.6 Å². The second-order valence-corrected chi connectivity index (χ2v) is 5.04. The van der Waals surface area contributed by atoms with Crippen molar-refractivity contribution < 1.29 is 23.8 Å². The van der Waals surface area contributed by atoms with E-state index < -0.39 is 30.3 Å². The second-order valence-electron chi connectivity index (χ2n) is 4.13. The lowest BCUT2D eigenvalue weighted by Gasteiger charge is -2.13. The smallest absolute Gasteiger partial charge is 0.326 e. The topological polar surface area (TPSA) is 75.6 Å². The van der Waals surface area contributed by atoms with Gasteiger partial charge in [-0.2, -0.15) is 0 Å². The van der Waals surface area contributed by atoms with Gasteiger partial charge in [-0.1, -0.05) is 28.1 Å². The summed E-state index contributed by atoms with van der Waals surface area (Å²) in [6, 6.07) is 3.12. The Hall–Kier alpha value is -1.89. The van der Waals surface area contributed by atoms with Crippen LogP contribution in [0.4, 0.5) is 4.39 Å². The van der Waals surface area contributed by atoms with Crippen LogP contribution in [0.25, 0.3) is 0 Å².